The number of aliphatic hydroxyl groups is 1. The summed E-state index contributed by atoms with van der Waals surface area (Å²) in [6.45, 7) is 0.113. The number of hydrogen-bond acceptors (Lipinski definition) is 4. The Balaban J connectivity index is 2.48. The van der Waals surface area contributed by atoms with Gasteiger partial charge in [0.15, 0.2) is 0 Å². The Bertz CT molecular complexity index is 451. The van der Waals surface area contributed by atoms with Crippen molar-refractivity contribution >= 4 is 5.88 Å². The molecule has 0 saturated carbocycles. The second kappa shape index (κ2) is 4.14. The molecule has 0 aliphatic carbocycles. The Morgan fingerprint density at radius 3 is 2.73 bits per heavy atom. The average molecular weight is 204 g/mol. The minimum Gasteiger partial charge on any atom is -0.396 e. The third-order valence-corrected chi connectivity index (χ3v) is 2.29. The summed E-state index contributed by atoms with van der Waals surface area (Å²) >= 11 is 0. The van der Waals surface area contributed by atoms with E-state index in [9.17, 15) is 0 Å². The summed E-state index contributed by atoms with van der Waals surface area (Å²) in [5.74, 6) is 0.306. The van der Waals surface area contributed by atoms with E-state index >= 15 is 0 Å². The van der Waals surface area contributed by atoms with Crippen molar-refractivity contribution in [3.8, 4) is 11.1 Å². The van der Waals surface area contributed by atoms with Crippen LogP contribution < -0.4 is 5.73 Å². The first-order valence-electron chi connectivity index (χ1n) is 4.72. The van der Waals surface area contributed by atoms with Crippen LogP contribution in [0.25, 0.3) is 11.1 Å². The van der Waals surface area contributed by atoms with Gasteiger partial charge in [-0.25, -0.2) is 0 Å². The fourth-order valence-corrected chi connectivity index (χ4v) is 1.57. The molecule has 0 radical (unpaired) electrons. The van der Waals surface area contributed by atoms with Gasteiger partial charge < -0.3 is 15.4 Å². The summed E-state index contributed by atoms with van der Waals surface area (Å²) in [6, 6.07) is 7.74. The van der Waals surface area contributed by atoms with E-state index < -0.39 is 0 Å². The van der Waals surface area contributed by atoms with Gasteiger partial charge in [0.25, 0.3) is 0 Å². The molecular formula is C11H12N2O2. The molecule has 2 aromatic rings. The van der Waals surface area contributed by atoms with Gasteiger partial charge in [-0.2, -0.15) is 0 Å². The van der Waals surface area contributed by atoms with Gasteiger partial charge in [0.1, 0.15) is 0 Å². The monoisotopic (exact) mass is 204 g/mol. The SMILES string of the molecule is Nc1oncc1-c1ccccc1CCO. The Kier molecular flexibility index (Phi) is 2.69. The number of anilines is 1. The Morgan fingerprint density at radius 1 is 1.27 bits per heavy atom. The number of aromatic nitrogens is 1. The molecule has 1 heterocycles. The number of nitrogens with two attached hydrogens (primary N) is 1. The molecule has 2 rings (SSSR count). The molecule has 1 aromatic heterocycles. The van der Waals surface area contributed by atoms with Crippen molar-refractivity contribution in [1.29, 1.82) is 0 Å². The molecule has 78 valence electrons. The van der Waals surface area contributed by atoms with Crippen LogP contribution in [0.1, 0.15) is 5.56 Å². The van der Waals surface area contributed by atoms with Gasteiger partial charge in [0.2, 0.25) is 5.88 Å². The van der Waals surface area contributed by atoms with Crippen LogP contribution >= 0.6 is 0 Å². The molecule has 15 heavy (non-hydrogen) atoms. The van der Waals surface area contributed by atoms with Crippen LogP contribution in [0.2, 0.25) is 0 Å². The van der Waals surface area contributed by atoms with Crippen LogP contribution in [0, 0.1) is 0 Å². The first-order valence-corrected chi connectivity index (χ1v) is 4.72. The lowest BCUT2D eigenvalue weighted by molar-refractivity contribution is 0.300. The van der Waals surface area contributed by atoms with Gasteiger partial charge >= 0.3 is 0 Å². The summed E-state index contributed by atoms with van der Waals surface area (Å²) in [4.78, 5) is 0. The summed E-state index contributed by atoms with van der Waals surface area (Å²) in [5.41, 5.74) is 8.42. The van der Waals surface area contributed by atoms with E-state index in [1.165, 1.54) is 0 Å². The lowest BCUT2D eigenvalue weighted by Gasteiger charge is -2.05. The van der Waals surface area contributed by atoms with Gasteiger partial charge in [0, 0.05) is 6.61 Å². The summed E-state index contributed by atoms with van der Waals surface area (Å²) in [5, 5.41) is 12.6. The van der Waals surface area contributed by atoms with Gasteiger partial charge in [-0.05, 0) is 17.5 Å². The zero-order chi connectivity index (χ0) is 10.7. The van der Waals surface area contributed by atoms with Gasteiger partial charge in [-0.3, -0.25) is 0 Å². The predicted molar refractivity (Wildman–Crippen MR) is 57.1 cm³/mol. The normalized spacial score (nSPS) is 10.5. The summed E-state index contributed by atoms with van der Waals surface area (Å²) < 4.78 is 4.82. The Hall–Kier alpha value is -1.81. The van der Waals surface area contributed by atoms with Crippen LogP contribution in [0.3, 0.4) is 0 Å². The third kappa shape index (κ3) is 1.85. The quantitative estimate of drug-likeness (QED) is 0.793. The minimum atomic E-state index is 0.113. The van der Waals surface area contributed by atoms with Crippen molar-refractivity contribution in [3.05, 3.63) is 36.0 Å². The largest absolute Gasteiger partial charge is 0.396 e. The number of benzene rings is 1. The smallest absolute Gasteiger partial charge is 0.229 e. The van der Waals surface area contributed by atoms with Crippen molar-refractivity contribution < 1.29 is 9.63 Å². The first kappa shape index (κ1) is 9.73. The second-order valence-corrected chi connectivity index (χ2v) is 3.23. The number of hydrogen-bond donors (Lipinski definition) is 2. The van der Waals surface area contributed by atoms with E-state index in [2.05, 4.69) is 5.16 Å². The third-order valence-electron chi connectivity index (χ3n) is 2.29. The van der Waals surface area contributed by atoms with Crippen molar-refractivity contribution in [2.75, 3.05) is 12.3 Å². The number of aliphatic hydroxyl groups excluding tert-OH is 1. The molecule has 0 aliphatic rings. The number of nitrogens with zero attached hydrogens (tertiary/aromatic N) is 1. The Morgan fingerprint density at radius 2 is 2.07 bits per heavy atom. The highest BCUT2D eigenvalue weighted by atomic mass is 16.5. The Labute approximate surface area is 87.3 Å². The molecule has 0 atom stereocenters. The molecule has 0 fully saturated rings. The molecule has 4 nitrogen and oxygen atoms in total. The van der Waals surface area contributed by atoms with E-state index in [4.69, 9.17) is 15.4 Å². The van der Waals surface area contributed by atoms with E-state index in [1.54, 1.807) is 6.20 Å². The predicted octanol–water partition coefficient (Wildman–Crippen LogP) is 1.46. The summed E-state index contributed by atoms with van der Waals surface area (Å²) in [6.07, 6.45) is 2.19. The second-order valence-electron chi connectivity index (χ2n) is 3.23. The topological polar surface area (TPSA) is 72.3 Å². The fourth-order valence-electron chi connectivity index (χ4n) is 1.57. The van der Waals surface area contributed by atoms with Crippen LogP contribution in [-0.4, -0.2) is 16.9 Å². The average Bonchev–Trinajstić information content (AvgIpc) is 2.66. The standard InChI is InChI=1S/C11H12N2O2/c12-11-10(7-13-15-11)9-4-2-1-3-8(9)5-6-14/h1-4,7,14H,5-6,12H2. The molecule has 3 N–H and O–H groups in total. The van der Waals surface area contributed by atoms with Crippen LogP contribution in [-0.2, 0) is 6.42 Å². The molecule has 0 saturated heterocycles. The highest BCUT2D eigenvalue weighted by Gasteiger charge is 2.10. The zero-order valence-corrected chi connectivity index (χ0v) is 8.18. The van der Waals surface area contributed by atoms with Crippen molar-refractivity contribution in [2.45, 2.75) is 6.42 Å². The highest BCUT2D eigenvalue weighted by molar-refractivity contribution is 5.74. The maximum absolute atomic E-state index is 8.94. The summed E-state index contributed by atoms with van der Waals surface area (Å²) in [7, 11) is 0. The lowest BCUT2D eigenvalue weighted by Crippen LogP contribution is -1.94. The highest BCUT2D eigenvalue weighted by Crippen LogP contribution is 2.28. The minimum absolute atomic E-state index is 0.113. The van der Waals surface area contributed by atoms with Crippen LogP contribution in [0.5, 0.6) is 0 Å². The van der Waals surface area contributed by atoms with Gasteiger partial charge in [-0.1, -0.05) is 29.4 Å². The van der Waals surface area contributed by atoms with E-state index in [0.29, 0.717) is 12.3 Å². The van der Waals surface area contributed by atoms with Crippen LogP contribution in [0.15, 0.2) is 35.0 Å². The van der Waals surface area contributed by atoms with E-state index in [0.717, 1.165) is 16.7 Å². The number of rotatable bonds is 3. The molecule has 0 unspecified atom stereocenters. The van der Waals surface area contributed by atoms with Crippen LogP contribution in [0.4, 0.5) is 5.88 Å². The van der Waals surface area contributed by atoms with Crippen molar-refractivity contribution in [3.63, 3.8) is 0 Å². The molecule has 0 aliphatic heterocycles. The molecular weight excluding hydrogens is 192 g/mol. The zero-order valence-electron chi connectivity index (χ0n) is 8.18. The molecule has 0 spiro atoms. The lowest BCUT2D eigenvalue weighted by atomic mass is 10.00. The number of nitrogen functional groups attached to an aromatic ring is 1. The van der Waals surface area contributed by atoms with Gasteiger partial charge in [0.05, 0.1) is 11.8 Å². The maximum Gasteiger partial charge on any atom is 0.229 e. The molecule has 0 amide bonds. The first-order chi connectivity index (χ1) is 7.33. The molecule has 0 bridgehead atoms. The molecule has 4 heteroatoms. The van der Waals surface area contributed by atoms with Gasteiger partial charge in [-0.15, -0.1) is 0 Å². The van der Waals surface area contributed by atoms with Crippen molar-refractivity contribution in [2.24, 2.45) is 0 Å². The van der Waals surface area contributed by atoms with E-state index in [-0.39, 0.29) is 6.61 Å². The van der Waals surface area contributed by atoms with E-state index in [1.807, 2.05) is 24.3 Å². The molecule has 1 aromatic carbocycles. The fraction of sp³-hybridized carbons (Fsp3) is 0.182. The van der Waals surface area contributed by atoms with Crippen molar-refractivity contribution in [1.82, 2.24) is 5.16 Å². The maximum atomic E-state index is 8.94.